The fourth-order valence-corrected chi connectivity index (χ4v) is 8.28. The van der Waals surface area contributed by atoms with Gasteiger partial charge in [-0.25, -0.2) is 0 Å². The molecular formula is C50H38N2. The van der Waals surface area contributed by atoms with Crippen molar-refractivity contribution in [3.8, 4) is 5.69 Å². The first-order valence-corrected chi connectivity index (χ1v) is 18.2. The molecular weight excluding hydrogens is 629 g/mol. The molecule has 0 saturated heterocycles. The number of anilines is 3. The zero-order valence-corrected chi connectivity index (χ0v) is 29.6. The smallest absolute Gasteiger partial charge is 0.0561 e. The summed E-state index contributed by atoms with van der Waals surface area (Å²) in [4.78, 5) is 2.43. The van der Waals surface area contributed by atoms with Gasteiger partial charge in [0.15, 0.2) is 0 Å². The van der Waals surface area contributed by atoms with Crippen LogP contribution in [0.2, 0.25) is 0 Å². The molecule has 0 unspecified atom stereocenters. The Balaban J connectivity index is 1.24. The minimum absolute atomic E-state index is 0.0615. The number of nitrogens with zero attached hydrogens (tertiary/aromatic N) is 2. The van der Waals surface area contributed by atoms with Crippen molar-refractivity contribution in [1.82, 2.24) is 4.57 Å². The maximum absolute atomic E-state index is 2.43. The van der Waals surface area contributed by atoms with Gasteiger partial charge in [0.05, 0.1) is 11.0 Å². The molecule has 1 heterocycles. The van der Waals surface area contributed by atoms with Crippen molar-refractivity contribution < 1.29 is 0 Å². The van der Waals surface area contributed by atoms with E-state index in [1.54, 1.807) is 0 Å². The number of para-hydroxylation sites is 1. The molecule has 248 valence electrons. The SMILES string of the molecule is CC(C)(C)c1ccc(N(c2ccc3c4ccccc4c4ccccc4c3c2)c2ccc3c4ccccc4n(-c4ccc5ccccc5c4)c3c2)cc1. The van der Waals surface area contributed by atoms with Crippen molar-refractivity contribution >= 4 is 82.0 Å². The number of hydrogen-bond donors (Lipinski definition) is 0. The minimum Gasteiger partial charge on any atom is -0.310 e. The lowest BCUT2D eigenvalue weighted by Crippen LogP contribution is -2.13. The first kappa shape index (κ1) is 30.4. The molecule has 0 atom stereocenters. The fraction of sp³-hybridized carbons (Fsp3) is 0.0800. The van der Waals surface area contributed by atoms with Crippen molar-refractivity contribution in [3.63, 3.8) is 0 Å². The van der Waals surface area contributed by atoms with Crippen molar-refractivity contribution in [3.05, 3.63) is 181 Å². The van der Waals surface area contributed by atoms with Crippen LogP contribution in [0.15, 0.2) is 176 Å². The monoisotopic (exact) mass is 666 g/mol. The summed E-state index contributed by atoms with van der Waals surface area (Å²) in [6.45, 7) is 6.83. The molecule has 2 heteroatoms. The highest BCUT2D eigenvalue weighted by molar-refractivity contribution is 6.26. The predicted octanol–water partition coefficient (Wildman–Crippen LogP) is 14.2. The lowest BCUT2D eigenvalue weighted by molar-refractivity contribution is 0.590. The van der Waals surface area contributed by atoms with E-state index in [0.29, 0.717) is 0 Å². The fourth-order valence-electron chi connectivity index (χ4n) is 8.28. The van der Waals surface area contributed by atoms with Crippen molar-refractivity contribution in [2.45, 2.75) is 26.2 Å². The molecule has 0 N–H and O–H groups in total. The molecule has 2 nitrogen and oxygen atoms in total. The predicted molar refractivity (Wildman–Crippen MR) is 224 cm³/mol. The molecule has 0 aliphatic carbocycles. The summed E-state index contributed by atoms with van der Waals surface area (Å²) >= 11 is 0. The van der Waals surface area contributed by atoms with Gasteiger partial charge >= 0.3 is 0 Å². The third-order valence-electron chi connectivity index (χ3n) is 10.9. The zero-order chi connectivity index (χ0) is 35.0. The van der Waals surface area contributed by atoms with E-state index in [1.165, 1.54) is 70.5 Å². The van der Waals surface area contributed by atoms with Crippen LogP contribution < -0.4 is 4.90 Å². The van der Waals surface area contributed by atoms with Crippen molar-refractivity contribution in [2.75, 3.05) is 4.90 Å². The second-order valence-electron chi connectivity index (χ2n) is 15.0. The largest absolute Gasteiger partial charge is 0.310 e. The van der Waals surface area contributed by atoms with E-state index in [0.717, 1.165) is 22.7 Å². The van der Waals surface area contributed by atoms with E-state index < -0.39 is 0 Å². The third-order valence-corrected chi connectivity index (χ3v) is 10.9. The average Bonchev–Trinajstić information content (AvgIpc) is 3.51. The van der Waals surface area contributed by atoms with Gasteiger partial charge in [0.25, 0.3) is 0 Å². The van der Waals surface area contributed by atoms with Gasteiger partial charge in [0, 0.05) is 33.5 Å². The van der Waals surface area contributed by atoms with Crippen LogP contribution >= 0.6 is 0 Å². The number of hydrogen-bond acceptors (Lipinski definition) is 1. The molecule has 0 aliphatic heterocycles. The normalized spacial score (nSPS) is 12.1. The van der Waals surface area contributed by atoms with Gasteiger partial charge in [-0.1, -0.05) is 142 Å². The molecule has 0 amide bonds. The summed E-state index contributed by atoms with van der Waals surface area (Å²) in [5.74, 6) is 0. The van der Waals surface area contributed by atoms with Gasteiger partial charge < -0.3 is 9.47 Å². The van der Waals surface area contributed by atoms with E-state index in [2.05, 4.69) is 206 Å². The van der Waals surface area contributed by atoms with E-state index >= 15 is 0 Å². The van der Waals surface area contributed by atoms with Gasteiger partial charge in [-0.05, 0) is 109 Å². The summed E-state index contributed by atoms with van der Waals surface area (Å²) in [6.07, 6.45) is 0. The highest BCUT2D eigenvalue weighted by Crippen LogP contribution is 2.43. The van der Waals surface area contributed by atoms with Crippen LogP contribution in [0, 0.1) is 0 Å². The van der Waals surface area contributed by atoms with Gasteiger partial charge in [0.2, 0.25) is 0 Å². The first-order chi connectivity index (χ1) is 25.4. The molecule has 52 heavy (non-hydrogen) atoms. The van der Waals surface area contributed by atoms with E-state index in [-0.39, 0.29) is 5.41 Å². The van der Waals surface area contributed by atoms with Crippen LogP contribution in [-0.4, -0.2) is 4.57 Å². The maximum Gasteiger partial charge on any atom is 0.0561 e. The molecule has 10 rings (SSSR count). The van der Waals surface area contributed by atoms with Gasteiger partial charge in [-0.2, -0.15) is 0 Å². The number of fused-ring (bicyclic) bond motifs is 10. The topological polar surface area (TPSA) is 8.17 Å². The van der Waals surface area contributed by atoms with Crippen LogP contribution in [0.25, 0.3) is 70.6 Å². The van der Waals surface area contributed by atoms with Crippen LogP contribution in [0.5, 0.6) is 0 Å². The van der Waals surface area contributed by atoms with Crippen LogP contribution in [0.4, 0.5) is 17.1 Å². The van der Waals surface area contributed by atoms with E-state index in [9.17, 15) is 0 Å². The summed E-state index contributed by atoms with van der Waals surface area (Å²) in [6, 6.07) is 65.0. The molecule has 0 fully saturated rings. The minimum atomic E-state index is 0.0615. The van der Waals surface area contributed by atoms with Crippen LogP contribution in [0.1, 0.15) is 26.3 Å². The Labute approximate surface area is 303 Å². The maximum atomic E-state index is 2.43. The first-order valence-electron chi connectivity index (χ1n) is 18.2. The highest BCUT2D eigenvalue weighted by atomic mass is 15.1. The Kier molecular flexibility index (Phi) is 6.78. The number of rotatable bonds is 4. The quantitative estimate of drug-likeness (QED) is 0.170. The Bertz CT molecular complexity index is 2960. The molecule has 0 radical (unpaired) electrons. The third kappa shape index (κ3) is 4.79. The van der Waals surface area contributed by atoms with E-state index in [1.807, 2.05) is 0 Å². The molecule has 10 aromatic rings. The molecule has 1 aromatic heterocycles. The Morgan fingerprint density at radius 3 is 1.54 bits per heavy atom. The van der Waals surface area contributed by atoms with Gasteiger partial charge in [-0.3, -0.25) is 0 Å². The zero-order valence-electron chi connectivity index (χ0n) is 29.6. The second-order valence-corrected chi connectivity index (χ2v) is 15.0. The summed E-state index contributed by atoms with van der Waals surface area (Å²) in [5.41, 5.74) is 8.30. The Morgan fingerprint density at radius 2 is 0.865 bits per heavy atom. The van der Waals surface area contributed by atoms with E-state index in [4.69, 9.17) is 0 Å². The molecule has 0 spiro atoms. The summed E-state index contributed by atoms with van der Waals surface area (Å²) < 4.78 is 2.43. The summed E-state index contributed by atoms with van der Waals surface area (Å²) in [7, 11) is 0. The highest BCUT2D eigenvalue weighted by Gasteiger charge is 2.20. The average molecular weight is 667 g/mol. The molecule has 0 aliphatic rings. The second kappa shape index (κ2) is 11.6. The van der Waals surface area contributed by atoms with Crippen molar-refractivity contribution in [2.24, 2.45) is 0 Å². The van der Waals surface area contributed by atoms with Gasteiger partial charge in [0.1, 0.15) is 0 Å². The van der Waals surface area contributed by atoms with Crippen LogP contribution in [-0.2, 0) is 5.41 Å². The summed E-state index contributed by atoms with van der Waals surface area (Å²) in [5, 5.41) is 12.6. The number of aromatic nitrogens is 1. The standard InChI is InChI=1S/C50H38N2/c1-50(2,3)35-21-24-36(25-22-35)51(38-26-28-44-42-16-7-6-14-40(42)41-15-8-9-17-43(41)47(44)31-38)39-27-29-46-45-18-10-11-19-48(45)52(49(46)32-39)37-23-20-33-12-4-5-13-34(33)30-37/h4-32H,1-3H3. The van der Waals surface area contributed by atoms with Gasteiger partial charge in [-0.15, -0.1) is 0 Å². The molecule has 9 aromatic carbocycles. The van der Waals surface area contributed by atoms with Crippen LogP contribution in [0.3, 0.4) is 0 Å². The molecule has 0 saturated carbocycles. The molecule has 0 bridgehead atoms. The lowest BCUT2D eigenvalue weighted by Gasteiger charge is -2.28. The Morgan fingerprint density at radius 1 is 0.365 bits per heavy atom. The van der Waals surface area contributed by atoms with Crippen molar-refractivity contribution in [1.29, 1.82) is 0 Å². The lowest BCUT2D eigenvalue weighted by atomic mass is 9.87. The number of benzene rings is 9. The Hall–Kier alpha value is -6.38.